The Morgan fingerprint density at radius 3 is 2.50 bits per heavy atom. The van der Waals surface area contributed by atoms with Crippen molar-refractivity contribution in [3.63, 3.8) is 0 Å². The zero-order valence-electron chi connectivity index (χ0n) is 19.7. The summed E-state index contributed by atoms with van der Waals surface area (Å²) in [7, 11) is 0. The van der Waals surface area contributed by atoms with Gasteiger partial charge in [-0.3, -0.25) is 4.79 Å². The number of nitrogens with zero attached hydrogens (tertiary/aromatic N) is 4. The van der Waals surface area contributed by atoms with Crippen LogP contribution in [-0.4, -0.2) is 61.6 Å². The summed E-state index contributed by atoms with van der Waals surface area (Å²) in [5, 5.41) is 26.8. The summed E-state index contributed by atoms with van der Waals surface area (Å²) < 4.78 is 11.2. The lowest BCUT2D eigenvalue weighted by atomic mass is 10.1. The first-order valence-corrected chi connectivity index (χ1v) is 11.0. The van der Waals surface area contributed by atoms with Gasteiger partial charge >= 0.3 is 0 Å². The Morgan fingerprint density at radius 1 is 1.15 bits per heavy atom. The molecule has 0 radical (unpaired) electrons. The first kappa shape index (κ1) is 25.1. The van der Waals surface area contributed by atoms with E-state index in [0.29, 0.717) is 23.2 Å². The number of nitrogens with one attached hydrogen (secondary N) is 1. The quantitative estimate of drug-likeness (QED) is 0.325. The van der Waals surface area contributed by atoms with Gasteiger partial charge in [0.2, 0.25) is 17.7 Å². The second-order valence-corrected chi connectivity index (χ2v) is 8.13. The van der Waals surface area contributed by atoms with Gasteiger partial charge in [-0.15, -0.1) is 0 Å². The number of anilines is 1. The van der Waals surface area contributed by atoms with E-state index in [1.165, 1.54) is 0 Å². The van der Waals surface area contributed by atoms with E-state index in [-0.39, 0.29) is 18.9 Å². The van der Waals surface area contributed by atoms with Crippen molar-refractivity contribution >= 4 is 11.9 Å². The topological polar surface area (TPSA) is 170 Å². The lowest BCUT2D eigenvalue weighted by Crippen LogP contribution is -2.33. The first-order chi connectivity index (χ1) is 16.2. The molecule has 3 rings (SSSR count). The molecule has 0 saturated heterocycles. The van der Waals surface area contributed by atoms with Crippen LogP contribution in [0.3, 0.4) is 0 Å². The minimum absolute atomic E-state index is 0.0980. The summed E-state index contributed by atoms with van der Waals surface area (Å²) in [5.41, 5.74) is 8.66. The summed E-state index contributed by atoms with van der Waals surface area (Å²) in [6.45, 7) is 8.31. The molecule has 0 spiro atoms. The highest BCUT2D eigenvalue weighted by atomic mass is 16.5. The molecule has 0 fully saturated rings. The molecule has 34 heavy (non-hydrogen) atoms. The predicted octanol–water partition coefficient (Wildman–Crippen LogP) is 1.92. The maximum absolute atomic E-state index is 10.9. The predicted molar refractivity (Wildman–Crippen MR) is 125 cm³/mol. The fraction of sp³-hybridized carbons (Fsp3) is 0.435. The molecule has 11 nitrogen and oxygen atoms in total. The summed E-state index contributed by atoms with van der Waals surface area (Å²) in [4.78, 5) is 24.3. The molecule has 5 N–H and O–H groups in total. The van der Waals surface area contributed by atoms with Crippen molar-refractivity contribution in [3.8, 4) is 28.7 Å². The fourth-order valence-corrected chi connectivity index (χ4v) is 3.37. The smallest absolute Gasteiger partial charge is 0.277 e. The number of aryl methyl sites for hydroxylation is 3. The van der Waals surface area contributed by atoms with Crippen LogP contribution in [0.15, 0.2) is 22.7 Å². The van der Waals surface area contributed by atoms with Crippen molar-refractivity contribution in [2.75, 3.05) is 18.5 Å². The van der Waals surface area contributed by atoms with Crippen LogP contribution in [0, 0.1) is 20.8 Å². The van der Waals surface area contributed by atoms with Crippen LogP contribution < -0.4 is 15.8 Å². The third kappa shape index (κ3) is 6.27. The van der Waals surface area contributed by atoms with Gasteiger partial charge < -0.3 is 30.5 Å². The third-order valence-corrected chi connectivity index (χ3v) is 4.99. The lowest BCUT2D eigenvalue weighted by Gasteiger charge is -2.17. The van der Waals surface area contributed by atoms with Gasteiger partial charge in [0.25, 0.3) is 5.89 Å². The summed E-state index contributed by atoms with van der Waals surface area (Å²) in [5.74, 6) is 0.887. The molecule has 0 aliphatic heterocycles. The number of aliphatic hydroxyl groups excluding tert-OH is 2. The number of hydrogen-bond donors (Lipinski definition) is 4. The molecule has 11 heteroatoms. The van der Waals surface area contributed by atoms with Gasteiger partial charge in [-0.05, 0) is 56.5 Å². The number of carbonyl (C=O) groups excluding carboxylic acids is 1. The number of carbonyl (C=O) groups is 1. The molecule has 0 aliphatic carbocycles. The van der Waals surface area contributed by atoms with Gasteiger partial charge in [-0.2, -0.15) is 4.98 Å². The molecule has 2 aromatic heterocycles. The Balaban J connectivity index is 1.76. The molecular weight excluding hydrogens is 440 g/mol. The minimum Gasteiger partial charge on any atom is -0.490 e. The number of aliphatic hydroxyl groups is 2. The van der Waals surface area contributed by atoms with Crippen molar-refractivity contribution in [1.29, 1.82) is 0 Å². The van der Waals surface area contributed by atoms with Crippen LogP contribution in [0.2, 0.25) is 0 Å². The number of rotatable bonds is 11. The normalized spacial score (nSPS) is 12.9. The van der Waals surface area contributed by atoms with E-state index < -0.39 is 18.1 Å². The molecule has 1 unspecified atom stereocenters. The molecule has 0 saturated carbocycles. The van der Waals surface area contributed by atoms with Crippen LogP contribution in [-0.2, 0) is 4.79 Å². The Hall–Kier alpha value is -3.57. The van der Waals surface area contributed by atoms with Crippen molar-refractivity contribution < 1.29 is 24.3 Å². The van der Waals surface area contributed by atoms with E-state index in [0.717, 1.165) is 35.3 Å². The van der Waals surface area contributed by atoms with E-state index in [4.69, 9.17) is 15.0 Å². The first-order valence-electron chi connectivity index (χ1n) is 11.0. The largest absolute Gasteiger partial charge is 0.490 e. The molecule has 1 amide bonds. The number of aromatic nitrogens is 4. The number of ether oxygens (including phenoxy) is 1. The van der Waals surface area contributed by atoms with E-state index >= 15 is 0 Å². The van der Waals surface area contributed by atoms with Gasteiger partial charge in [-0.25, -0.2) is 9.97 Å². The second-order valence-electron chi connectivity index (χ2n) is 8.13. The second kappa shape index (κ2) is 11.0. The molecule has 182 valence electrons. The molecule has 2 atom stereocenters. The van der Waals surface area contributed by atoms with E-state index in [2.05, 4.69) is 32.3 Å². The van der Waals surface area contributed by atoms with Crippen LogP contribution >= 0.6 is 0 Å². The monoisotopic (exact) mass is 470 g/mol. The molecular formula is C23H30N6O5. The maximum Gasteiger partial charge on any atom is 0.277 e. The van der Waals surface area contributed by atoms with Crippen molar-refractivity contribution in [3.05, 3.63) is 35.0 Å². The maximum atomic E-state index is 10.9. The number of benzene rings is 1. The van der Waals surface area contributed by atoms with Crippen LogP contribution in [0.1, 0.15) is 36.6 Å². The van der Waals surface area contributed by atoms with Crippen LogP contribution in [0.25, 0.3) is 23.0 Å². The number of hydrogen-bond acceptors (Lipinski definition) is 10. The third-order valence-electron chi connectivity index (χ3n) is 4.99. The van der Waals surface area contributed by atoms with Gasteiger partial charge in [0, 0.05) is 24.2 Å². The Morgan fingerprint density at radius 2 is 1.85 bits per heavy atom. The number of amides is 1. The SMILES string of the molecule is CCCNc1nc(C)cc(-c2nc(-c3cc(C)c(OC[C@@H](O)CC(O)C(N)=O)c(C)c3)no2)n1. The summed E-state index contributed by atoms with van der Waals surface area (Å²) >= 11 is 0. The van der Waals surface area contributed by atoms with Crippen molar-refractivity contribution in [2.24, 2.45) is 5.73 Å². The zero-order valence-corrected chi connectivity index (χ0v) is 19.7. The van der Waals surface area contributed by atoms with E-state index in [9.17, 15) is 15.0 Å². The van der Waals surface area contributed by atoms with Crippen molar-refractivity contribution in [2.45, 2.75) is 52.7 Å². The molecule has 1 aromatic carbocycles. The van der Waals surface area contributed by atoms with Crippen LogP contribution in [0.5, 0.6) is 5.75 Å². The molecule has 0 bridgehead atoms. The average Bonchev–Trinajstić information content (AvgIpc) is 3.27. The number of primary amides is 1. The lowest BCUT2D eigenvalue weighted by molar-refractivity contribution is -0.127. The highest BCUT2D eigenvalue weighted by molar-refractivity contribution is 5.78. The molecule has 2 heterocycles. The van der Waals surface area contributed by atoms with Crippen LogP contribution in [0.4, 0.5) is 5.95 Å². The fourth-order valence-electron chi connectivity index (χ4n) is 3.37. The molecule has 0 aliphatic rings. The van der Waals surface area contributed by atoms with Gasteiger partial charge in [0.15, 0.2) is 0 Å². The van der Waals surface area contributed by atoms with Gasteiger partial charge in [0.05, 0.1) is 6.10 Å². The Labute approximate surface area is 197 Å². The zero-order chi connectivity index (χ0) is 24.8. The highest BCUT2D eigenvalue weighted by Crippen LogP contribution is 2.30. The number of nitrogens with two attached hydrogens (primary N) is 1. The summed E-state index contributed by atoms with van der Waals surface area (Å²) in [6, 6.07) is 5.48. The van der Waals surface area contributed by atoms with Gasteiger partial charge in [0.1, 0.15) is 24.2 Å². The average molecular weight is 471 g/mol. The highest BCUT2D eigenvalue weighted by Gasteiger charge is 2.19. The Kier molecular flexibility index (Phi) is 8.13. The molecule has 3 aromatic rings. The van der Waals surface area contributed by atoms with E-state index in [1.807, 2.05) is 32.9 Å². The van der Waals surface area contributed by atoms with Crippen molar-refractivity contribution in [1.82, 2.24) is 20.1 Å². The summed E-state index contributed by atoms with van der Waals surface area (Å²) in [6.07, 6.45) is -1.72. The van der Waals surface area contributed by atoms with Gasteiger partial charge in [-0.1, -0.05) is 12.1 Å². The minimum atomic E-state index is -1.42. The standard InChI is InChI=1S/C23H30N6O5/c1-5-6-25-23-26-14(4)9-17(27-23)22-28-21(29-34-22)15-7-12(2)19(13(3)8-15)33-11-16(30)10-18(31)20(24)32/h7-9,16,18,30-31H,5-6,10-11H2,1-4H3,(H2,24,32)(H,25,26,27)/t16-,18?/m0/s1. The van der Waals surface area contributed by atoms with E-state index in [1.54, 1.807) is 6.07 Å². The Bertz CT molecular complexity index is 1130.